The van der Waals surface area contributed by atoms with Crippen molar-refractivity contribution >= 4 is 34.4 Å². The fraction of sp³-hybridized carbons (Fsp3) is 0.0833. The van der Waals surface area contributed by atoms with Crippen molar-refractivity contribution in [2.45, 2.75) is 5.16 Å². The van der Waals surface area contributed by atoms with Gasteiger partial charge in [-0.2, -0.15) is 5.10 Å². The molecule has 0 unspecified atom stereocenters. The maximum atomic E-state index is 12.9. The van der Waals surface area contributed by atoms with Crippen LogP contribution in [-0.4, -0.2) is 26.0 Å². The van der Waals surface area contributed by atoms with E-state index in [4.69, 9.17) is 11.6 Å². The number of benzene rings is 1. The van der Waals surface area contributed by atoms with E-state index in [0.717, 1.165) is 5.69 Å². The van der Waals surface area contributed by atoms with Gasteiger partial charge in [-0.05, 0) is 30.5 Å². The molecule has 4 nitrogen and oxygen atoms in total. The van der Waals surface area contributed by atoms with Crippen LogP contribution >= 0.6 is 23.4 Å². The van der Waals surface area contributed by atoms with E-state index >= 15 is 0 Å². The van der Waals surface area contributed by atoms with Crippen molar-refractivity contribution in [1.29, 1.82) is 0 Å². The average molecular weight is 295 g/mol. The highest BCUT2D eigenvalue weighted by Crippen LogP contribution is 2.25. The molecule has 0 amide bonds. The van der Waals surface area contributed by atoms with Crippen LogP contribution in [0.5, 0.6) is 0 Å². The second kappa shape index (κ2) is 4.79. The molecule has 0 fully saturated rings. The molecule has 7 heteroatoms. The Hall–Kier alpha value is -1.66. The largest absolute Gasteiger partial charge is 0.215 e. The fourth-order valence-corrected chi connectivity index (χ4v) is 2.34. The zero-order valence-electron chi connectivity index (χ0n) is 9.84. The predicted octanol–water partition coefficient (Wildman–Crippen LogP) is 3.33. The number of nitrogens with zero attached hydrogens (tertiary/aromatic N) is 4. The van der Waals surface area contributed by atoms with E-state index in [9.17, 15) is 4.39 Å². The van der Waals surface area contributed by atoms with Crippen LogP contribution in [-0.2, 0) is 0 Å². The Kier molecular flexibility index (Phi) is 3.12. The highest BCUT2D eigenvalue weighted by molar-refractivity contribution is 7.98. The molecule has 0 saturated heterocycles. The lowest BCUT2D eigenvalue weighted by atomic mass is 10.3. The Labute approximate surface area is 117 Å². The maximum Gasteiger partial charge on any atom is 0.190 e. The SMILES string of the molecule is CSc1nc(Cl)c2cnn(-c3ccc(F)cc3)c2n1. The average Bonchev–Trinajstić information content (AvgIpc) is 2.84. The summed E-state index contributed by atoms with van der Waals surface area (Å²) in [4.78, 5) is 8.53. The number of halogens is 2. The lowest BCUT2D eigenvalue weighted by Gasteiger charge is -2.03. The molecule has 1 aromatic carbocycles. The van der Waals surface area contributed by atoms with Crippen LogP contribution in [0.4, 0.5) is 4.39 Å². The number of aromatic nitrogens is 4. The molecule has 0 spiro atoms. The van der Waals surface area contributed by atoms with Gasteiger partial charge in [0.25, 0.3) is 0 Å². The Morgan fingerprint density at radius 2 is 1.95 bits per heavy atom. The second-order valence-electron chi connectivity index (χ2n) is 3.77. The number of thioether (sulfide) groups is 1. The molecule has 2 heterocycles. The number of rotatable bonds is 2. The van der Waals surface area contributed by atoms with Gasteiger partial charge in [0, 0.05) is 0 Å². The van der Waals surface area contributed by atoms with Crippen molar-refractivity contribution in [3.05, 3.63) is 41.4 Å². The van der Waals surface area contributed by atoms with Gasteiger partial charge >= 0.3 is 0 Å². The molecular formula is C12H8ClFN4S. The molecule has 0 aliphatic rings. The summed E-state index contributed by atoms with van der Waals surface area (Å²) >= 11 is 7.49. The smallest absolute Gasteiger partial charge is 0.190 e. The Morgan fingerprint density at radius 1 is 1.21 bits per heavy atom. The third-order valence-electron chi connectivity index (χ3n) is 2.62. The molecule has 0 aliphatic heterocycles. The minimum Gasteiger partial charge on any atom is -0.215 e. The van der Waals surface area contributed by atoms with Crippen molar-refractivity contribution < 1.29 is 4.39 Å². The molecule has 19 heavy (non-hydrogen) atoms. The van der Waals surface area contributed by atoms with E-state index in [1.54, 1.807) is 23.0 Å². The van der Waals surface area contributed by atoms with Crippen LogP contribution in [0.1, 0.15) is 0 Å². The zero-order chi connectivity index (χ0) is 13.4. The second-order valence-corrected chi connectivity index (χ2v) is 4.90. The Balaban J connectivity index is 2.24. The van der Waals surface area contributed by atoms with Crippen molar-refractivity contribution in [3.8, 4) is 5.69 Å². The van der Waals surface area contributed by atoms with Crippen molar-refractivity contribution in [2.24, 2.45) is 0 Å². The van der Waals surface area contributed by atoms with Gasteiger partial charge < -0.3 is 0 Å². The van der Waals surface area contributed by atoms with Crippen molar-refractivity contribution in [3.63, 3.8) is 0 Å². The summed E-state index contributed by atoms with van der Waals surface area (Å²) in [6, 6.07) is 6.02. The normalized spacial score (nSPS) is 11.1. The van der Waals surface area contributed by atoms with Gasteiger partial charge in [0.15, 0.2) is 10.8 Å². The van der Waals surface area contributed by atoms with E-state index in [0.29, 0.717) is 21.3 Å². The molecule has 0 N–H and O–H groups in total. The van der Waals surface area contributed by atoms with Crippen LogP contribution in [0.15, 0.2) is 35.6 Å². The molecule has 0 radical (unpaired) electrons. The molecular weight excluding hydrogens is 287 g/mol. The first-order valence-corrected chi connectivity index (χ1v) is 7.00. The molecule has 96 valence electrons. The first-order chi connectivity index (χ1) is 9.19. The summed E-state index contributed by atoms with van der Waals surface area (Å²) in [5.74, 6) is -0.294. The van der Waals surface area contributed by atoms with Gasteiger partial charge in [0.1, 0.15) is 11.0 Å². The third-order valence-corrected chi connectivity index (χ3v) is 3.45. The summed E-state index contributed by atoms with van der Waals surface area (Å²) < 4.78 is 14.6. The number of fused-ring (bicyclic) bond motifs is 1. The van der Waals surface area contributed by atoms with E-state index < -0.39 is 0 Å². The van der Waals surface area contributed by atoms with Gasteiger partial charge in [-0.25, -0.2) is 19.0 Å². The first kappa shape index (κ1) is 12.4. The number of hydrogen-bond acceptors (Lipinski definition) is 4. The van der Waals surface area contributed by atoms with Crippen LogP contribution < -0.4 is 0 Å². The highest BCUT2D eigenvalue weighted by Gasteiger charge is 2.12. The van der Waals surface area contributed by atoms with Crippen molar-refractivity contribution in [1.82, 2.24) is 19.7 Å². The van der Waals surface area contributed by atoms with Crippen LogP contribution in [0.25, 0.3) is 16.7 Å². The lowest BCUT2D eigenvalue weighted by Crippen LogP contribution is -1.99. The molecule has 0 bridgehead atoms. The van der Waals surface area contributed by atoms with E-state index in [1.165, 1.54) is 23.9 Å². The Morgan fingerprint density at radius 3 is 2.63 bits per heavy atom. The first-order valence-electron chi connectivity index (χ1n) is 5.40. The lowest BCUT2D eigenvalue weighted by molar-refractivity contribution is 0.627. The maximum absolute atomic E-state index is 12.9. The molecule has 0 atom stereocenters. The van der Waals surface area contributed by atoms with Gasteiger partial charge in [-0.3, -0.25) is 0 Å². The Bertz CT molecular complexity index is 741. The monoisotopic (exact) mass is 294 g/mol. The van der Waals surface area contributed by atoms with Crippen LogP contribution in [0.2, 0.25) is 5.15 Å². The molecule has 3 rings (SSSR count). The van der Waals surface area contributed by atoms with Crippen LogP contribution in [0, 0.1) is 5.82 Å². The summed E-state index contributed by atoms with van der Waals surface area (Å²) in [5, 5.41) is 5.83. The standard InChI is InChI=1S/C12H8ClFN4S/c1-19-12-16-10(13)9-6-15-18(11(9)17-12)8-4-2-7(14)3-5-8/h2-6H,1H3. The zero-order valence-corrected chi connectivity index (χ0v) is 11.4. The van der Waals surface area contributed by atoms with Gasteiger partial charge in [-0.1, -0.05) is 23.4 Å². The van der Waals surface area contributed by atoms with Gasteiger partial charge in [0.05, 0.1) is 17.3 Å². The van der Waals surface area contributed by atoms with Crippen molar-refractivity contribution in [2.75, 3.05) is 6.26 Å². The molecule has 0 saturated carbocycles. The summed E-state index contributed by atoms with van der Waals surface area (Å²) in [6.45, 7) is 0. The summed E-state index contributed by atoms with van der Waals surface area (Å²) in [7, 11) is 0. The summed E-state index contributed by atoms with van der Waals surface area (Å²) in [6.07, 6.45) is 3.47. The van der Waals surface area contributed by atoms with Crippen LogP contribution in [0.3, 0.4) is 0 Å². The van der Waals surface area contributed by atoms with E-state index in [-0.39, 0.29) is 5.82 Å². The third kappa shape index (κ3) is 2.17. The van der Waals surface area contributed by atoms with E-state index in [1.807, 2.05) is 6.26 Å². The van der Waals surface area contributed by atoms with Gasteiger partial charge in [-0.15, -0.1) is 0 Å². The highest BCUT2D eigenvalue weighted by atomic mass is 35.5. The quantitative estimate of drug-likeness (QED) is 0.413. The van der Waals surface area contributed by atoms with Gasteiger partial charge in [0.2, 0.25) is 0 Å². The summed E-state index contributed by atoms with van der Waals surface area (Å²) in [5.41, 5.74) is 1.33. The number of hydrogen-bond donors (Lipinski definition) is 0. The van der Waals surface area contributed by atoms with E-state index in [2.05, 4.69) is 15.1 Å². The molecule has 0 aliphatic carbocycles. The molecule has 3 aromatic rings. The minimum atomic E-state index is -0.294. The predicted molar refractivity (Wildman–Crippen MR) is 73.4 cm³/mol. The minimum absolute atomic E-state index is 0.294. The fourth-order valence-electron chi connectivity index (χ4n) is 1.72. The topological polar surface area (TPSA) is 43.6 Å². The molecule has 2 aromatic heterocycles.